The second-order valence-electron chi connectivity index (χ2n) is 5.66. The van der Waals surface area contributed by atoms with E-state index in [2.05, 4.69) is 11.1 Å². The van der Waals surface area contributed by atoms with Crippen LogP contribution in [0.4, 0.5) is 0 Å². The molecule has 0 unspecified atom stereocenters. The highest BCUT2D eigenvalue weighted by Gasteiger charge is 2.20. The lowest BCUT2D eigenvalue weighted by atomic mass is 10.1. The van der Waals surface area contributed by atoms with Crippen LogP contribution in [0.1, 0.15) is 10.4 Å². The second kappa shape index (κ2) is 7.21. The van der Waals surface area contributed by atoms with Crippen molar-refractivity contribution < 1.29 is 18.8 Å². The van der Waals surface area contributed by atoms with Gasteiger partial charge in [-0.3, -0.25) is 4.79 Å². The zero-order chi connectivity index (χ0) is 17.8. The van der Waals surface area contributed by atoms with E-state index in [0.29, 0.717) is 23.6 Å². The van der Waals surface area contributed by atoms with Crippen molar-refractivity contribution in [1.82, 2.24) is 4.57 Å². The van der Waals surface area contributed by atoms with Gasteiger partial charge in [0.25, 0.3) is 0 Å². The third-order valence-electron chi connectivity index (χ3n) is 4.13. The summed E-state index contributed by atoms with van der Waals surface area (Å²) in [5, 5.41) is 0. The summed E-state index contributed by atoms with van der Waals surface area (Å²) >= 11 is 0. The minimum Gasteiger partial charge on any atom is -0.497 e. The molecule has 0 fully saturated rings. The molecule has 0 saturated heterocycles. The molecule has 1 heterocycles. The number of imidazole rings is 1. The summed E-state index contributed by atoms with van der Waals surface area (Å²) in [7, 11) is 3.13. The average Bonchev–Trinajstić information content (AvgIpc) is 2.99. The monoisotopic (exact) mass is 337 g/mol. The first-order valence-electron chi connectivity index (χ1n) is 8.01. The molecule has 0 N–H and O–H groups in total. The van der Waals surface area contributed by atoms with Gasteiger partial charge in [-0.2, -0.15) is 0 Å². The Morgan fingerprint density at radius 1 is 1.20 bits per heavy atom. The van der Waals surface area contributed by atoms with Gasteiger partial charge in [0, 0.05) is 6.07 Å². The first kappa shape index (κ1) is 16.8. The van der Waals surface area contributed by atoms with Crippen molar-refractivity contribution in [2.45, 2.75) is 13.1 Å². The number of nitrogens with zero attached hydrogens (tertiary/aromatic N) is 2. The second-order valence-corrected chi connectivity index (χ2v) is 5.66. The number of rotatable bonds is 7. The molecular weight excluding hydrogens is 316 g/mol. The van der Waals surface area contributed by atoms with E-state index in [1.807, 2.05) is 41.2 Å². The van der Waals surface area contributed by atoms with Gasteiger partial charge in [-0.15, -0.1) is 0 Å². The van der Waals surface area contributed by atoms with E-state index in [-0.39, 0.29) is 12.3 Å². The number of hydrogen-bond acceptors (Lipinski definition) is 3. The maximum absolute atomic E-state index is 12.8. The van der Waals surface area contributed by atoms with Gasteiger partial charge < -0.3 is 9.47 Å². The quantitative estimate of drug-likeness (QED) is 0.378. The van der Waals surface area contributed by atoms with Gasteiger partial charge in [-0.25, -0.2) is 9.13 Å². The lowest BCUT2D eigenvalue weighted by Gasteiger charge is -2.08. The summed E-state index contributed by atoms with van der Waals surface area (Å²) in [6, 6.07) is 13.2. The molecule has 0 aliphatic heterocycles. The van der Waals surface area contributed by atoms with E-state index >= 15 is 0 Å². The highest BCUT2D eigenvalue weighted by Crippen LogP contribution is 2.25. The Morgan fingerprint density at radius 3 is 2.72 bits per heavy atom. The van der Waals surface area contributed by atoms with Crippen LogP contribution in [0.5, 0.6) is 11.5 Å². The van der Waals surface area contributed by atoms with E-state index < -0.39 is 0 Å². The highest BCUT2D eigenvalue weighted by molar-refractivity contribution is 5.98. The first-order valence-corrected chi connectivity index (χ1v) is 8.01. The number of ketones is 1. The molecule has 0 aliphatic rings. The van der Waals surface area contributed by atoms with E-state index in [0.717, 1.165) is 11.0 Å². The number of Topliss-reactive ketones (excluding diaryl/α,β-unsaturated/α-hetero) is 1. The normalized spacial score (nSPS) is 10.6. The number of carbonyl (C=O) groups excluding carboxylic acids is 1. The Bertz CT molecular complexity index is 928. The van der Waals surface area contributed by atoms with Crippen molar-refractivity contribution in [3.05, 3.63) is 67.0 Å². The fraction of sp³-hybridized carbons (Fsp3) is 0.200. The number of ether oxygens (including phenoxy) is 2. The Balaban J connectivity index is 1.96. The molecule has 0 atom stereocenters. The third-order valence-corrected chi connectivity index (χ3v) is 4.13. The smallest absolute Gasteiger partial charge is 0.245 e. The Kier molecular flexibility index (Phi) is 4.84. The van der Waals surface area contributed by atoms with Crippen LogP contribution in [0.2, 0.25) is 0 Å². The highest BCUT2D eigenvalue weighted by atomic mass is 16.5. The van der Waals surface area contributed by atoms with Crippen molar-refractivity contribution in [3.63, 3.8) is 0 Å². The largest absolute Gasteiger partial charge is 0.497 e. The number of benzene rings is 2. The summed E-state index contributed by atoms with van der Waals surface area (Å²) in [6.07, 6.45) is 3.78. The topological polar surface area (TPSA) is 44.3 Å². The number of para-hydroxylation sites is 2. The van der Waals surface area contributed by atoms with E-state index in [1.54, 1.807) is 32.4 Å². The molecule has 0 amide bonds. The summed E-state index contributed by atoms with van der Waals surface area (Å²) in [4.78, 5) is 12.8. The molecular formula is C20H21N2O3+. The molecule has 0 spiro atoms. The predicted molar refractivity (Wildman–Crippen MR) is 96.2 cm³/mol. The summed E-state index contributed by atoms with van der Waals surface area (Å²) in [5.41, 5.74) is 2.61. The zero-order valence-corrected chi connectivity index (χ0v) is 14.4. The van der Waals surface area contributed by atoms with Crippen LogP contribution < -0.4 is 14.0 Å². The molecule has 0 aliphatic carbocycles. The number of methoxy groups -OCH3 is 2. The zero-order valence-electron chi connectivity index (χ0n) is 14.4. The SMILES string of the molecule is C=CCn1c[n+](CC(=O)c2ccc(OC)cc2OC)c2ccccc21. The first-order chi connectivity index (χ1) is 12.2. The standard InChI is InChI=1S/C20H21N2O3/c1-4-11-21-14-22(18-8-6-5-7-17(18)21)13-19(23)16-10-9-15(24-2)12-20(16)25-3/h4-10,12,14H,1,11,13H2,2-3H3/q+1. The van der Waals surface area contributed by atoms with Gasteiger partial charge in [-0.1, -0.05) is 24.8 Å². The van der Waals surface area contributed by atoms with Crippen LogP contribution in [0.15, 0.2) is 61.4 Å². The van der Waals surface area contributed by atoms with Crippen LogP contribution in [0.25, 0.3) is 11.0 Å². The number of allylic oxidation sites excluding steroid dienone is 1. The van der Waals surface area contributed by atoms with E-state index in [9.17, 15) is 4.79 Å². The fourth-order valence-corrected chi connectivity index (χ4v) is 2.92. The maximum Gasteiger partial charge on any atom is 0.245 e. The van der Waals surface area contributed by atoms with Gasteiger partial charge >= 0.3 is 0 Å². The molecule has 128 valence electrons. The van der Waals surface area contributed by atoms with E-state index in [4.69, 9.17) is 9.47 Å². The van der Waals surface area contributed by atoms with Crippen LogP contribution in [0.3, 0.4) is 0 Å². The van der Waals surface area contributed by atoms with Gasteiger partial charge in [0.1, 0.15) is 18.0 Å². The lowest BCUT2D eigenvalue weighted by Crippen LogP contribution is -2.37. The van der Waals surface area contributed by atoms with Crippen LogP contribution in [-0.4, -0.2) is 24.6 Å². The molecule has 2 aromatic carbocycles. The summed E-state index contributed by atoms with van der Waals surface area (Å²) < 4.78 is 14.6. The lowest BCUT2D eigenvalue weighted by molar-refractivity contribution is -0.657. The van der Waals surface area contributed by atoms with Gasteiger partial charge in [0.15, 0.2) is 17.6 Å². The fourth-order valence-electron chi connectivity index (χ4n) is 2.92. The minimum absolute atomic E-state index is 0.0222. The van der Waals surface area contributed by atoms with Gasteiger partial charge in [0.05, 0.1) is 19.8 Å². The third kappa shape index (κ3) is 3.26. The van der Waals surface area contributed by atoms with E-state index in [1.165, 1.54) is 0 Å². The molecule has 0 bridgehead atoms. The molecule has 5 nitrogen and oxygen atoms in total. The average molecular weight is 337 g/mol. The molecule has 0 radical (unpaired) electrons. The molecule has 3 rings (SSSR count). The van der Waals surface area contributed by atoms with Crippen LogP contribution in [-0.2, 0) is 13.1 Å². The molecule has 1 aromatic heterocycles. The summed E-state index contributed by atoms with van der Waals surface area (Å²) in [6.45, 7) is 4.71. The Labute approximate surface area is 146 Å². The van der Waals surface area contributed by atoms with Crippen molar-refractivity contribution in [2.24, 2.45) is 0 Å². The van der Waals surface area contributed by atoms with Crippen molar-refractivity contribution in [3.8, 4) is 11.5 Å². The molecule has 5 heteroatoms. The van der Waals surface area contributed by atoms with Crippen LogP contribution in [0, 0.1) is 0 Å². The number of hydrogen-bond donors (Lipinski definition) is 0. The number of aromatic nitrogens is 2. The van der Waals surface area contributed by atoms with Crippen molar-refractivity contribution in [2.75, 3.05) is 14.2 Å². The molecule has 3 aromatic rings. The van der Waals surface area contributed by atoms with Crippen molar-refractivity contribution >= 4 is 16.8 Å². The number of fused-ring (bicyclic) bond motifs is 1. The van der Waals surface area contributed by atoms with Crippen LogP contribution >= 0.6 is 0 Å². The summed E-state index contributed by atoms with van der Waals surface area (Å²) in [5.74, 6) is 1.15. The Morgan fingerprint density at radius 2 is 2.00 bits per heavy atom. The molecule has 0 saturated carbocycles. The maximum atomic E-state index is 12.8. The predicted octanol–water partition coefficient (Wildman–Crippen LogP) is 3.01. The Hall–Kier alpha value is -3.08. The van der Waals surface area contributed by atoms with Gasteiger partial charge in [0.2, 0.25) is 12.1 Å². The van der Waals surface area contributed by atoms with Gasteiger partial charge in [-0.05, 0) is 24.3 Å². The molecule has 25 heavy (non-hydrogen) atoms. The number of carbonyl (C=O) groups is 1. The minimum atomic E-state index is -0.0222. The van der Waals surface area contributed by atoms with Crippen molar-refractivity contribution in [1.29, 1.82) is 0 Å².